The summed E-state index contributed by atoms with van der Waals surface area (Å²) in [5, 5.41) is 0. The Bertz CT molecular complexity index is 1240. The SMILES string of the molecule is CCCCc1ccc(C(=O)N(CC(=O)N(CCc2ccc(OC)c(OC)c2)Cc2ccc(C)s2)CC(C)C)cc1. The second-order valence-corrected chi connectivity index (χ2v) is 12.0. The fourth-order valence-electron chi connectivity index (χ4n) is 4.65. The molecule has 216 valence electrons. The summed E-state index contributed by atoms with van der Waals surface area (Å²) in [6.07, 6.45) is 3.94. The van der Waals surface area contributed by atoms with Crippen LogP contribution < -0.4 is 9.47 Å². The minimum Gasteiger partial charge on any atom is -0.493 e. The highest BCUT2D eigenvalue weighted by molar-refractivity contribution is 7.11. The van der Waals surface area contributed by atoms with Crippen molar-refractivity contribution in [3.05, 3.63) is 81.0 Å². The van der Waals surface area contributed by atoms with Gasteiger partial charge < -0.3 is 19.3 Å². The van der Waals surface area contributed by atoms with Crippen LogP contribution in [0.5, 0.6) is 11.5 Å². The first kappa shape index (κ1) is 31.2. The highest BCUT2D eigenvalue weighted by Crippen LogP contribution is 2.28. The summed E-state index contributed by atoms with van der Waals surface area (Å²) >= 11 is 1.69. The second-order valence-electron chi connectivity index (χ2n) is 10.6. The molecule has 2 amide bonds. The van der Waals surface area contributed by atoms with Crippen LogP contribution in [0.15, 0.2) is 54.6 Å². The number of nitrogens with zero attached hydrogens (tertiary/aromatic N) is 2. The van der Waals surface area contributed by atoms with E-state index in [1.807, 2.05) is 47.4 Å². The van der Waals surface area contributed by atoms with Crippen LogP contribution in [0.2, 0.25) is 0 Å². The van der Waals surface area contributed by atoms with Crippen molar-refractivity contribution in [2.24, 2.45) is 5.92 Å². The molecule has 1 aromatic heterocycles. The number of thiophene rings is 1. The maximum absolute atomic E-state index is 13.8. The topological polar surface area (TPSA) is 59.1 Å². The first-order valence-corrected chi connectivity index (χ1v) is 15.0. The lowest BCUT2D eigenvalue weighted by molar-refractivity contribution is -0.132. The van der Waals surface area contributed by atoms with E-state index in [2.05, 4.69) is 39.8 Å². The minimum atomic E-state index is -0.101. The highest BCUT2D eigenvalue weighted by Gasteiger charge is 2.24. The molecule has 0 fully saturated rings. The van der Waals surface area contributed by atoms with Crippen LogP contribution in [-0.4, -0.2) is 55.5 Å². The van der Waals surface area contributed by atoms with E-state index in [0.29, 0.717) is 43.1 Å². The largest absolute Gasteiger partial charge is 0.493 e. The molecule has 0 bridgehead atoms. The lowest BCUT2D eigenvalue weighted by Crippen LogP contribution is -2.44. The van der Waals surface area contributed by atoms with Gasteiger partial charge in [0.05, 0.1) is 20.8 Å². The molecule has 0 saturated carbocycles. The average molecular weight is 565 g/mol. The number of carbonyl (C=O) groups is 2. The number of methoxy groups -OCH3 is 2. The van der Waals surface area contributed by atoms with Gasteiger partial charge in [0.15, 0.2) is 11.5 Å². The van der Waals surface area contributed by atoms with Crippen LogP contribution in [0.4, 0.5) is 0 Å². The van der Waals surface area contributed by atoms with Gasteiger partial charge in [0.25, 0.3) is 5.91 Å². The zero-order valence-electron chi connectivity index (χ0n) is 24.9. The van der Waals surface area contributed by atoms with Gasteiger partial charge in [-0.2, -0.15) is 0 Å². The summed E-state index contributed by atoms with van der Waals surface area (Å²) in [6.45, 7) is 10.00. The summed E-state index contributed by atoms with van der Waals surface area (Å²) in [7, 11) is 3.24. The van der Waals surface area contributed by atoms with Gasteiger partial charge in [-0.1, -0.05) is 45.4 Å². The van der Waals surface area contributed by atoms with Crippen molar-refractivity contribution in [1.29, 1.82) is 0 Å². The summed E-state index contributed by atoms with van der Waals surface area (Å²) in [5.41, 5.74) is 2.91. The average Bonchev–Trinajstić information content (AvgIpc) is 3.37. The molecule has 0 aliphatic heterocycles. The third-order valence-corrected chi connectivity index (χ3v) is 7.82. The van der Waals surface area contributed by atoms with Crippen molar-refractivity contribution in [3.63, 3.8) is 0 Å². The van der Waals surface area contributed by atoms with Gasteiger partial charge in [-0.05, 0) is 79.6 Å². The fourth-order valence-corrected chi connectivity index (χ4v) is 5.56. The summed E-state index contributed by atoms with van der Waals surface area (Å²) in [5.74, 6) is 1.42. The van der Waals surface area contributed by atoms with Crippen molar-refractivity contribution < 1.29 is 19.1 Å². The monoisotopic (exact) mass is 564 g/mol. The number of ether oxygens (including phenoxy) is 2. The summed E-state index contributed by atoms with van der Waals surface area (Å²) < 4.78 is 10.8. The van der Waals surface area contributed by atoms with E-state index < -0.39 is 0 Å². The van der Waals surface area contributed by atoms with Gasteiger partial charge in [-0.15, -0.1) is 11.3 Å². The molecule has 40 heavy (non-hydrogen) atoms. The van der Waals surface area contributed by atoms with E-state index in [9.17, 15) is 9.59 Å². The van der Waals surface area contributed by atoms with Gasteiger partial charge in [0, 0.05) is 28.4 Å². The van der Waals surface area contributed by atoms with Crippen LogP contribution >= 0.6 is 11.3 Å². The Balaban J connectivity index is 1.78. The Morgan fingerprint density at radius 3 is 2.17 bits per heavy atom. The van der Waals surface area contributed by atoms with Crippen molar-refractivity contribution in [1.82, 2.24) is 9.80 Å². The van der Waals surface area contributed by atoms with E-state index in [1.165, 1.54) is 10.4 Å². The van der Waals surface area contributed by atoms with E-state index in [1.54, 1.807) is 30.5 Å². The van der Waals surface area contributed by atoms with Crippen molar-refractivity contribution in [3.8, 4) is 11.5 Å². The lowest BCUT2D eigenvalue weighted by Gasteiger charge is -2.29. The van der Waals surface area contributed by atoms with E-state index in [0.717, 1.165) is 29.7 Å². The molecule has 0 aliphatic rings. The third kappa shape index (κ3) is 9.12. The van der Waals surface area contributed by atoms with Crippen LogP contribution in [0.1, 0.15) is 64.9 Å². The number of hydrogen-bond acceptors (Lipinski definition) is 5. The van der Waals surface area contributed by atoms with Crippen LogP contribution in [-0.2, 0) is 24.2 Å². The summed E-state index contributed by atoms with van der Waals surface area (Å²) in [4.78, 5) is 33.3. The predicted molar refractivity (Wildman–Crippen MR) is 164 cm³/mol. The smallest absolute Gasteiger partial charge is 0.254 e. The Morgan fingerprint density at radius 1 is 0.875 bits per heavy atom. The van der Waals surface area contributed by atoms with Crippen LogP contribution in [0.3, 0.4) is 0 Å². The molecule has 0 atom stereocenters. The van der Waals surface area contributed by atoms with Crippen molar-refractivity contribution in [2.45, 2.75) is 59.9 Å². The first-order valence-electron chi connectivity index (χ1n) is 14.2. The quantitative estimate of drug-likeness (QED) is 0.204. The number of carbonyl (C=O) groups excluding carboxylic acids is 2. The van der Waals surface area contributed by atoms with Gasteiger partial charge in [-0.3, -0.25) is 9.59 Å². The lowest BCUT2D eigenvalue weighted by atomic mass is 10.1. The van der Waals surface area contributed by atoms with E-state index in [4.69, 9.17) is 9.47 Å². The van der Waals surface area contributed by atoms with Gasteiger partial charge in [0.2, 0.25) is 5.91 Å². The molecule has 0 N–H and O–H groups in total. The van der Waals surface area contributed by atoms with Gasteiger partial charge in [0.1, 0.15) is 6.54 Å². The molecular formula is C33H44N2O4S. The maximum Gasteiger partial charge on any atom is 0.254 e. The van der Waals surface area contributed by atoms with E-state index >= 15 is 0 Å². The molecule has 0 saturated heterocycles. The number of hydrogen-bond donors (Lipinski definition) is 0. The zero-order chi connectivity index (χ0) is 29.1. The zero-order valence-corrected chi connectivity index (χ0v) is 25.7. The van der Waals surface area contributed by atoms with Gasteiger partial charge in [-0.25, -0.2) is 0 Å². The Kier molecular flexibility index (Phi) is 12.1. The molecular weight excluding hydrogens is 520 g/mol. The Morgan fingerprint density at radius 2 is 1.57 bits per heavy atom. The molecule has 0 radical (unpaired) electrons. The number of benzene rings is 2. The van der Waals surface area contributed by atoms with Gasteiger partial charge >= 0.3 is 0 Å². The Labute approximate surface area is 243 Å². The molecule has 0 spiro atoms. The molecule has 0 aliphatic carbocycles. The standard InChI is InChI=1S/C33H44N2O4S/c1-7-8-9-26-11-14-28(15-12-26)33(37)35(21-24(2)3)23-32(36)34(22-29-16-10-25(4)40-29)19-18-27-13-17-30(38-5)31(20-27)39-6/h10-17,20,24H,7-9,18-19,21-23H2,1-6H3. The number of aryl methyl sites for hydroxylation is 2. The molecule has 1 heterocycles. The molecule has 0 unspecified atom stereocenters. The van der Waals surface area contributed by atoms with Crippen molar-refractivity contribution in [2.75, 3.05) is 33.9 Å². The first-order chi connectivity index (χ1) is 19.2. The predicted octanol–water partition coefficient (Wildman–Crippen LogP) is 6.79. The maximum atomic E-state index is 13.8. The molecule has 6 nitrogen and oxygen atoms in total. The fraction of sp³-hybridized carbons (Fsp3) is 0.455. The number of unbranched alkanes of at least 4 members (excludes halogenated alkanes) is 1. The molecule has 2 aromatic carbocycles. The number of rotatable bonds is 15. The van der Waals surface area contributed by atoms with Crippen molar-refractivity contribution >= 4 is 23.2 Å². The third-order valence-electron chi connectivity index (χ3n) is 6.83. The molecule has 7 heteroatoms. The summed E-state index contributed by atoms with van der Waals surface area (Å²) in [6, 6.07) is 17.9. The Hall–Kier alpha value is -3.32. The number of amides is 2. The molecule has 3 aromatic rings. The normalized spacial score (nSPS) is 11.0. The van der Waals surface area contributed by atoms with Crippen LogP contribution in [0.25, 0.3) is 0 Å². The van der Waals surface area contributed by atoms with E-state index in [-0.39, 0.29) is 24.3 Å². The van der Waals surface area contributed by atoms with Crippen LogP contribution in [0, 0.1) is 12.8 Å². The molecule has 3 rings (SSSR count). The minimum absolute atomic E-state index is 0.0465. The highest BCUT2D eigenvalue weighted by atomic mass is 32.1. The second kappa shape index (κ2) is 15.5.